The standard InChI is InChI=1S/C25H30ClN5O3S/c1-6-13-31-24(17-9-11-18(12-10-17)30(7-2)8-3)28-29-25(31)35-16-23(32)27-20-15-21(33-4)19(26)14-22(20)34-5/h6,9-12,14-15H,1,7-8,13,16H2,2-5H3,(H,27,32). The minimum atomic E-state index is -0.226. The van der Waals surface area contributed by atoms with Gasteiger partial charge in [-0.3, -0.25) is 9.36 Å². The molecule has 1 amide bonds. The Balaban J connectivity index is 1.75. The van der Waals surface area contributed by atoms with Crippen molar-refractivity contribution in [3.05, 3.63) is 54.1 Å². The molecule has 0 saturated carbocycles. The third kappa shape index (κ3) is 6.29. The van der Waals surface area contributed by atoms with Crippen LogP contribution in [-0.2, 0) is 11.3 Å². The van der Waals surface area contributed by atoms with E-state index in [2.05, 4.69) is 53.0 Å². The first-order chi connectivity index (χ1) is 16.9. The van der Waals surface area contributed by atoms with Gasteiger partial charge in [0.2, 0.25) is 5.91 Å². The molecule has 186 valence electrons. The zero-order chi connectivity index (χ0) is 25.4. The number of halogens is 1. The van der Waals surface area contributed by atoms with Crippen molar-refractivity contribution in [3.63, 3.8) is 0 Å². The number of nitrogens with zero attached hydrogens (tertiary/aromatic N) is 4. The maximum Gasteiger partial charge on any atom is 0.234 e. The number of carbonyl (C=O) groups excluding carboxylic acids is 1. The molecule has 0 unspecified atom stereocenters. The summed E-state index contributed by atoms with van der Waals surface area (Å²) in [4.78, 5) is 15.0. The summed E-state index contributed by atoms with van der Waals surface area (Å²) in [5.74, 6) is 1.51. The lowest BCUT2D eigenvalue weighted by Gasteiger charge is -2.21. The Morgan fingerprint density at radius 2 is 1.83 bits per heavy atom. The first-order valence-electron chi connectivity index (χ1n) is 11.2. The molecule has 0 radical (unpaired) electrons. The molecule has 0 spiro atoms. The Morgan fingerprint density at radius 1 is 1.14 bits per heavy atom. The number of amides is 1. The van der Waals surface area contributed by atoms with E-state index in [1.807, 2.05) is 16.7 Å². The van der Waals surface area contributed by atoms with E-state index in [1.54, 1.807) is 18.2 Å². The molecule has 0 bridgehead atoms. The Hall–Kier alpha value is -3.17. The lowest BCUT2D eigenvalue weighted by molar-refractivity contribution is -0.113. The van der Waals surface area contributed by atoms with Gasteiger partial charge in [-0.1, -0.05) is 29.4 Å². The molecule has 1 aromatic heterocycles. The molecule has 0 aliphatic carbocycles. The van der Waals surface area contributed by atoms with Crippen LogP contribution in [0.15, 0.2) is 54.2 Å². The molecule has 0 aliphatic heterocycles. The van der Waals surface area contributed by atoms with Gasteiger partial charge in [-0.15, -0.1) is 16.8 Å². The molecule has 0 atom stereocenters. The summed E-state index contributed by atoms with van der Waals surface area (Å²) >= 11 is 7.44. The number of hydrogen-bond acceptors (Lipinski definition) is 7. The number of nitrogens with one attached hydrogen (secondary N) is 1. The number of benzene rings is 2. The molecular formula is C25H30ClN5O3S. The highest BCUT2D eigenvalue weighted by molar-refractivity contribution is 7.99. The molecular weight excluding hydrogens is 486 g/mol. The maximum atomic E-state index is 12.7. The van der Waals surface area contributed by atoms with Gasteiger partial charge in [-0.2, -0.15) is 0 Å². The van der Waals surface area contributed by atoms with Crippen molar-refractivity contribution in [1.82, 2.24) is 14.8 Å². The predicted molar refractivity (Wildman–Crippen MR) is 143 cm³/mol. The van der Waals surface area contributed by atoms with Crippen LogP contribution < -0.4 is 19.7 Å². The molecule has 35 heavy (non-hydrogen) atoms. The number of hydrogen-bond donors (Lipinski definition) is 1. The molecule has 0 saturated heterocycles. The molecule has 0 aliphatic rings. The van der Waals surface area contributed by atoms with E-state index < -0.39 is 0 Å². The third-order valence-electron chi connectivity index (χ3n) is 5.36. The van der Waals surface area contributed by atoms with Crippen LogP contribution >= 0.6 is 23.4 Å². The number of methoxy groups -OCH3 is 2. The highest BCUT2D eigenvalue weighted by Gasteiger charge is 2.17. The van der Waals surface area contributed by atoms with Crippen LogP contribution in [0.4, 0.5) is 11.4 Å². The van der Waals surface area contributed by atoms with E-state index in [0.29, 0.717) is 33.9 Å². The Kier molecular flexibility index (Phi) is 9.45. The van der Waals surface area contributed by atoms with Gasteiger partial charge >= 0.3 is 0 Å². The largest absolute Gasteiger partial charge is 0.495 e. The zero-order valence-corrected chi connectivity index (χ0v) is 21.9. The number of anilines is 2. The van der Waals surface area contributed by atoms with Gasteiger partial charge in [0.25, 0.3) is 0 Å². The van der Waals surface area contributed by atoms with Gasteiger partial charge in [-0.05, 0) is 38.1 Å². The predicted octanol–water partition coefficient (Wildman–Crippen LogP) is 5.38. The van der Waals surface area contributed by atoms with Crippen LogP contribution in [0.3, 0.4) is 0 Å². The topological polar surface area (TPSA) is 81.5 Å². The number of allylic oxidation sites excluding steroid dienone is 1. The van der Waals surface area contributed by atoms with Crippen molar-refractivity contribution >= 4 is 40.6 Å². The summed E-state index contributed by atoms with van der Waals surface area (Å²) in [6, 6.07) is 11.5. The van der Waals surface area contributed by atoms with Crippen LogP contribution in [0.25, 0.3) is 11.4 Å². The van der Waals surface area contributed by atoms with Crippen molar-refractivity contribution in [2.45, 2.75) is 25.5 Å². The molecule has 1 heterocycles. The van der Waals surface area contributed by atoms with E-state index in [-0.39, 0.29) is 11.7 Å². The average Bonchev–Trinajstić information content (AvgIpc) is 3.27. The maximum absolute atomic E-state index is 12.7. The average molecular weight is 516 g/mol. The van der Waals surface area contributed by atoms with E-state index in [9.17, 15) is 4.79 Å². The van der Waals surface area contributed by atoms with Crippen LogP contribution in [0, 0.1) is 0 Å². The fourth-order valence-corrected chi connectivity index (χ4v) is 4.57. The summed E-state index contributed by atoms with van der Waals surface area (Å²) < 4.78 is 12.5. The highest BCUT2D eigenvalue weighted by Crippen LogP contribution is 2.36. The number of ether oxygens (including phenoxy) is 2. The van der Waals surface area contributed by atoms with Crippen LogP contribution in [0.5, 0.6) is 11.5 Å². The molecule has 10 heteroatoms. The van der Waals surface area contributed by atoms with Crippen LogP contribution in [0.1, 0.15) is 13.8 Å². The molecule has 3 rings (SSSR count). The first kappa shape index (κ1) is 26.4. The van der Waals surface area contributed by atoms with E-state index in [1.165, 1.54) is 26.0 Å². The lowest BCUT2D eigenvalue weighted by Crippen LogP contribution is -2.21. The minimum absolute atomic E-state index is 0.129. The van der Waals surface area contributed by atoms with E-state index >= 15 is 0 Å². The van der Waals surface area contributed by atoms with Gasteiger partial charge in [0.05, 0.1) is 30.7 Å². The number of rotatable bonds is 12. The lowest BCUT2D eigenvalue weighted by atomic mass is 10.2. The minimum Gasteiger partial charge on any atom is -0.495 e. The SMILES string of the molecule is C=CCn1c(SCC(=O)Nc2cc(OC)c(Cl)cc2OC)nnc1-c1ccc(N(CC)CC)cc1. The summed E-state index contributed by atoms with van der Waals surface area (Å²) in [6.45, 7) is 10.5. The van der Waals surface area contributed by atoms with E-state index in [0.717, 1.165) is 30.2 Å². The second kappa shape index (κ2) is 12.5. The van der Waals surface area contributed by atoms with Crippen molar-refractivity contribution in [3.8, 4) is 22.9 Å². The summed E-state index contributed by atoms with van der Waals surface area (Å²) in [6.07, 6.45) is 1.78. The Morgan fingerprint density at radius 3 is 2.43 bits per heavy atom. The first-order valence-corrected chi connectivity index (χ1v) is 12.6. The van der Waals surface area contributed by atoms with Crippen LogP contribution in [-0.4, -0.2) is 53.7 Å². The van der Waals surface area contributed by atoms with Crippen molar-refractivity contribution in [2.24, 2.45) is 0 Å². The summed E-state index contributed by atoms with van der Waals surface area (Å²) in [7, 11) is 3.02. The highest BCUT2D eigenvalue weighted by atomic mass is 35.5. The third-order valence-corrected chi connectivity index (χ3v) is 6.63. The zero-order valence-electron chi connectivity index (χ0n) is 20.4. The van der Waals surface area contributed by atoms with Gasteiger partial charge in [-0.25, -0.2) is 0 Å². The van der Waals surface area contributed by atoms with Crippen molar-refractivity contribution in [2.75, 3.05) is 43.3 Å². The molecule has 0 fully saturated rings. The summed E-state index contributed by atoms with van der Waals surface area (Å²) in [5.41, 5.74) is 2.58. The fourth-order valence-electron chi connectivity index (χ4n) is 3.59. The molecule has 1 N–H and O–H groups in total. The fraction of sp³-hybridized carbons (Fsp3) is 0.320. The second-order valence-corrected chi connectivity index (χ2v) is 8.80. The van der Waals surface area contributed by atoms with Gasteiger partial charge in [0.1, 0.15) is 11.5 Å². The number of aromatic nitrogens is 3. The molecule has 3 aromatic rings. The normalized spacial score (nSPS) is 10.7. The second-order valence-electron chi connectivity index (χ2n) is 7.45. The van der Waals surface area contributed by atoms with Crippen molar-refractivity contribution in [1.29, 1.82) is 0 Å². The van der Waals surface area contributed by atoms with E-state index in [4.69, 9.17) is 21.1 Å². The Bertz CT molecular complexity index is 1160. The molecule has 2 aromatic carbocycles. The van der Waals surface area contributed by atoms with Gasteiger partial charge < -0.3 is 19.7 Å². The summed E-state index contributed by atoms with van der Waals surface area (Å²) in [5, 5.41) is 12.6. The number of thioether (sulfide) groups is 1. The monoisotopic (exact) mass is 515 g/mol. The van der Waals surface area contributed by atoms with Crippen molar-refractivity contribution < 1.29 is 14.3 Å². The van der Waals surface area contributed by atoms with Crippen LogP contribution in [0.2, 0.25) is 5.02 Å². The molecule has 8 nitrogen and oxygen atoms in total. The number of carbonyl (C=O) groups is 1. The van der Waals surface area contributed by atoms with Gasteiger partial charge in [0.15, 0.2) is 11.0 Å². The Labute approximate surface area is 215 Å². The quantitative estimate of drug-likeness (QED) is 0.256. The smallest absolute Gasteiger partial charge is 0.234 e. The van der Waals surface area contributed by atoms with Gasteiger partial charge in [0, 0.05) is 43.0 Å².